The van der Waals surface area contributed by atoms with Gasteiger partial charge in [0.25, 0.3) is 11.8 Å². The van der Waals surface area contributed by atoms with E-state index < -0.39 is 0 Å². The number of benzene rings is 2. The Kier molecular flexibility index (Phi) is 4.78. The van der Waals surface area contributed by atoms with Crippen molar-refractivity contribution in [2.24, 2.45) is 0 Å². The maximum Gasteiger partial charge on any atom is 0.260 e. The summed E-state index contributed by atoms with van der Waals surface area (Å²) in [6, 6.07) is 14.7. The van der Waals surface area contributed by atoms with Crippen LogP contribution in [0.25, 0.3) is 10.9 Å². The zero-order valence-electron chi connectivity index (χ0n) is 15.9. The predicted octanol–water partition coefficient (Wildman–Crippen LogP) is 4.34. The van der Waals surface area contributed by atoms with Crippen molar-refractivity contribution >= 4 is 34.1 Å². The third-order valence-electron chi connectivity index (χ3n) is 4.59. The second kappa shape index (κ2) is 7.55. The van der Waals surface area contributed by atoms with Gasteiger partial charge >= 0.3 is 0 Å². The molecule has 0 fully saturated rings. The van der Waals surface area contributed by atoms with Crippen LogP contribution in [0.3, 0.4) is 0 Å². The fourth-order valence-electron chi connectivity index (χ4n) is 2.94. The van der Waals surface area contributed by atoms with Gasteiger partial charge in [-0.15, -0.1) is 0 Å². The highest BCUT2D eigenvalue weighted by Gasteiger charge is 2.15. The monoisotopic (exact) mass is 386 g/mol. The van der Waals surface area contributed by atoms with Crippen molar-refractivity contribution in [1.82, 2.24) is 10.1 Å². The minimum absolute atomic E-state index is 0.278. The number of rotatable bonds is 4. The smallest absolute Gasteiger partial charge is 0.260 e. The second-order valence-electron chi connectivity index (χ2n) is 6.65. The van der Waals surface area contributed by atoms with Crippen molar-refractivity contribution in [2.45, 2.75) is 13.8 Å². The molecule has 2 amide bonds. The first-order valence-electron chi connectivity index (χ1n) is 9.01. The van der Waals surface area contributed by atoms with Gasteiger partial charge in [0.15, 0.2) is 0 Å². The van der Waals surface area contributed by atoms with Crippen LogP contribution in [-0.4, -0.2) is 22.0 Å². The van der Waals surface area contributed by atoms with Crippen LogP contribution in [0.5, 0.6) is 0 Å². The van der Waals surface area contributed by atoms with Crippen LogP contribution >= 0.6 is 0 Å². The number of carbonyl (C=O) groups is 2. The molecule has 0 atom stereocenters. The zero-order chi connectivity index (χ0) is 20.4. The number of nitrogens with one attached hydrogen (secondary N) is 2. The van der Waals surface area contributed by atoms with Crippen molar-refractivity contribution < 1.29 is 14.1 Å². The molecule has 0 aliphatic carbocycles. The van der Waals surface area contributed by atoms with Crippen LogP contribution in [-0.2, 0) is 0 Å². The Morgan fingerprint density at radius 2 is 1.76 bits per heavy atom. The molecule has 29 heavy (non-hydrogen) atoms. The molecule has 0 aliphatic rings. The molecule has 4 rings (SSSR count). The highest BCUT2D eigenvalue weighted by atomic mass is 16.5. The van der Waals surface area contributed by atoms with E-state index in [2.05, 4.69) is 20.8 Å². The number of anilines is 2. The average molecular weight is 386 g/mol. The second-order valence-corrected chi connectivity index (χ2v) is 6.65. The summed E-state index contributed by atoms with van der Waals surface area (Å²) < 4.78 is 4.94. The number of nitrogens with zero attached hydrogens (tertiary/aromatic N) is 2. The SMILES string of the molecule is Cc1ccc(NC(=O)c2cnc3ccccc3c2)cc1NC(=O)c1cnoc1C. The summed E-state index contributed by atoms with van der Waals surface area (Å²) >= 11 is 0. The summed E-state index contributed by atoms with van der Waals surface area (Å²) in [7, 11) is 0. The molecule has 0 saturated heterocycles. The molecule has 0 bridgehead atoms. The minimum Gasteiger partial charge on any atom is -0.361 e. The lowest BCUT2D eigenvalue weighted by atomic mass is 10.1. The molecule has 0 spiro atoms. The van der Waals surface area contributed by atoms with Gasteiger partial charge in [0.2, 0.25) is 0 Å². The first kappa shape index (κ1) is 18.4. The van der Waals surface area contributed by atoms with E-state index in [0.717, 1.165) is 16.5 Å². The molecule has 7 heteroatoms. The van der Waals surface area contributed by atoms with Crippen molar-refractivity contribution in [3.63, 3.8) is 0 Å². The van der Waals surface area contributed by atoms with Crippen molar-refractivity contribution in [3.8, 4) is 0 Å². The summed E-state index contributed by atoms with van der Waals surface area (Å²) in [6.07, 6.45) is 2.92. The molecule has 0 radical (unpaired) electrons. The Bertz CT molecular complexity index is 1230. The van der Waals surface area contributed by atoms with E-state index >= 15 is 0 Å². The molecule has 4 aromatic rings. The van der Waals surface area contributed by atoms with Gasteiger partial charge in [0.05, 0.1) is 17.3 Å². The Morgan fingerprint density at radius 3 is 2.55 bits per heavy atom. The van der Waals surface area contributed by atoms with Crippen molar-refractivity contribution in [2.75, 3.05) is 10.6 Å². The highest BCUT2D eigenvalue weighted by molar-refractivity contribution is 6.07. The van der Waals surface area contributed by atoms with Gasteiger partial charge in [-0.3, -0.25) is 14.6 Å². The van der Waals surface area contributed by atoms with Gasteiger partial charge in [-0.25, -0.2) is 0 Å². The lowest BCUT2D eigenvalue weighted by Gasteiger charge is -2.11. The maximum absolute atomic E-state index is 12.6. The summed E-state index contributed by atoms with van der Waals surface area (Å²) in [4.78, 5) is 29.4. The van der Waals surface area contributed by atoms with Crippen LogP contribution in [0, 0.1) is 13.8 Å². The van der Waals surface area contributed by atoms with Crippen LogP contribution in [0.15, 0.2) is 65.4 Å². The number of aromatic nitrogens is 2. The van der Waals surface area contributed by atoms with Crippen LogP contribution < -0.4 is 10.6 Å². The van der Waals surface area contributed by atoms with Gasteiger partial charge in [-0.2, -0.15) is 0 Å². The van der Waals surface area contributed by atoms with E-state index in [-0.39, 0.29) is 11.8 Å². The zero-order valence-corrected chi connectivity index (χ0v) is 15.9. The van der Waals surface area contributed by atoms with Gasteiger partial charge in [-0.05, 0) is 43.7 Å². The molecule has 0 unspecified atom stereocenters. The third kappa shape index (κ3) is 3.84. The van der Waals surface area contributed by atoms with E-state index in [9.17, 15) is 9.59 Å². The lowest BCUT2D eigenvalue weighted by Crippen LogP contribution is -2.15. The Labute approximate surface area is 166 Å². The fraction of sp³-hybridized carbons (Fsp3) is 0.0909. The molecular weight excluding hydrogens is 368 g/mol. The third-order valence-corrected chi connectivity index (χ3v) is 4.59. The Balaban J connectivity index is 1.54. The van der Waals surface area contributed by atoms with E-state index in [1.807, 2.05) is 37.3 Å². The number of aryl methyl sites for hydroxylation is 2. The number of pyridine rings is 1. The van der Waals surface area contributed by atoms with Crippen molar-refractivity contribution in [3.05, 3.63) is 83.4 Å². The topological polar surface area (TPSA) is 97.1 Å². The first-order chi connectivity index (χ1) is 14.0. The Morgan fingerprint density at radius 1 is 0.931 bits per heavy atom. The van der Waals surface area contributed by atoms with E-state index in [1.165, 1.54) is 6.20 Å². The molecule has 2 aromatic carbocycles. The van der Waals surface area contributed by atoms with Crippen LogP contribution in [0.1, 0.15) is 32.0 Å². The van der Waals surface area contributed by atoms with Crippen molar-refractivity contribution in [1.29, 1.82) is 0 Å². The number of hydrogen-bond acceptors (Lipinski definition) is 5. The van der Waals surface area contributed by atoms with Crippen LogP contribution in [0.2, 0.25) is 0 Å². The lowest BCUT2D eigenvalue weighted by molar-refractivity contribution is 0.101. The first-order valence-corrected chi connectivity index (χ1v) is 9.01. The number of fused-ring (bicyclic) bond motifs is 1. The number of para-hydroxylation sites is 1. The molecule has 2 heterocycles. The van der Waals surface area contributed by atoms with Gasteiger partial charge in [0, 0.05) is 23.0 Å². The van der Waals surface area contributed by atoms with Gasteiger partial charge in [0.1, 0.15) is 11.3 Å². The number of amides is 2. The molecule has 0 saturated carbocycles. The number of carbonyl (C=O) groups excluding carboxylic acids is 2. The quantitative estimate of drug-likeness (QED) is 0.544. The van der Waals surface area contributed by atoms with Gasteiger partial charge < -0.3 is 15.2 Å². The van der Waals surface area contributed by atoms with E-state index in [1.54, 1.807) is 31.3 Å². The molecule has 2 aromatic heterocycles. The van der Waals surface area contributed by atoms with E-state index in [0.29, 0.717) is 28.3 Å². The fourth-order valence-corrected chi connectivity index (χ4v) is 2.94. The van der Waals surface area contributed by atoms with Gasteiger partial charge in [-0.1, -0.05) is 29.4 Å². The number of hydrogen-bond donors (Lipinski definition) is 2. The molecule has 2 N–H and O–H groups in total. The summed E-state index contributed by atoms with van der Waals surface area (Å²) in [5.74, 6) is -0.165. The summed E-state index contributed by atoms with van der Waals surface area (Å²) in [6.45, 7) is 3.54. The summed E-state index contributed by atoms with van der Waals surface area (Å²) in [5, 5.41) is 10.2. The summed E-state index contributed by atoms with van der Waals surface area (Å²) in [5.41, 5.74) is 3.65. The average Bonchev–Trinajstić information content (AvgIpc) is 3.16. The molecular formula is C22H18N4O3. The van der Waals surface area contributed by atoms with E-state index in [4.69, 9.17) is 4.52 Å². The highest BCUT2D eigenvalue weighted by Crippen LogP contribution is 2.22. The molecule has 0 aliphatic heterocycles. The maximum atomic E-state index is 12.6. The standard InChI is InChI=1S/C22H18N4O3/c1-13-7-8-17(10-20(13)26-22(28)18-12-24-29-14(18)2)25-21(27)16-9-15-5-3-4-6-19(15)23-11-16/h3-12H,1-2H3,(H,25,27)(H,26,28). The predicted molar refractivity (Wildman–Crippen MR) is 110 cm³/mol. The normalized spacial score (nSPS) is 10.7. The molecule has 7 nitrogen and oxygen atoms in total. The minimum atomic E-state index is -0.325. The Hall–Kier alpha value is -4.00. The molecule has 144 valence electrons. The van der Waals surface area contributed by atoms with Crippen LogP contribution in [0.4, 0.5) is 11.4 Å². The largest absolute Gasteiger partial charge is 0.361 e.